The molecule has 194 valence electrons. The molecular formula is C26H28FN5O5. The molecule has 11 heteroatoms. The summed E-state index contributed by atoms with van der Waals surface area (Å²) in [4.78, 5) is 40.8. The van der Waals surface area contributed by atoms with Gasteiger partial charge in [-0.05, 0) is 44.4 Å². The Bertz CT molecular complexity index is 1390. The topological polar surface area (TPSA) is 138 Å². The molecule has 37 heavy (non-hydrogen) atoms. The van der Waals surface area contributed by atoms with Crippen LogP contribution in [0.25, 0.3) is 11.0 Å². The van der Waals surface area contributed by atoms with Crippen LogP contribution in [0.15, 0.2) is 52.6 Å². The van der Waals surface area contributed by atoms with E-state index in [1.54, 1.807) is 17.9 Å². The molecule has 0 aliphatic carbocycles. The van der Waals surface area contributed by atoms with Gasteiger partial charge in [0.2, 0.25) is 11.5 Å². The number of nitrogens with one attached hydrogen (secondary N) is 1. The van der Waals surface area contributed by atoms with Crippen LogP contribution in [0.2, 0.25) is 0 Å². The number of fused-ring (bicyclic) bond motifs is 1. The Morgan fingerprint density at radius 2 is 2.24 bits per heavy atom. The third-order valence-electron chi connectivity index (χ3n) is 6.11. The lowest BCUT2D eigenvalue weighted by molar-refractivity contribution is -0.131. The lowest BCUT2D eigenvalue weighted by Gasteiger charge is -2.24. The van der Waals surface area contributed by atoms with E-state index in [4.69, 9.17) is 5.26 Å². The van der Waals surface area contributed by atoms with E-state index in [2.05, 4.69) is 21.6 Å². The van der Waals surface area contributed by atoms with E-state index in [9.17, 15) is 19.5 Å². The Morgan fingerprint density at radius 3 is 2.89 bits per heavy atom. The summed E-state index contributed by atoms with van der Waals surface area (Å²) in [6.07, 6.45) is 5.42. The average molecular weight is 510 g/mol. The van der Waals surface area contributed by atoms with E-state index < -0.39 is 28.9 Å². The van der Waals surface area contributed by atoms with Gasteiger partial charge in [-0.25, -0.2) is 14.2 Å². The van der Waals surface area contributed by atoms with Crippen LogP contribution in [0.1, 0.15) is 37.0 Å². The monoisotopic (exact) mass is 509 g/mol. The smallest absolute Gasteiger partial charge is 0.341 e. The van der Waals surface area contributed by atoms with Crippen molar-refractivity contribution >= 4 is 29.3 Å². The fraction of sp³-hybridized carbons (Fsp3) is 0.346. The van der Waals surface area contributed by atoms with Crippen molar-refractivity contribution in [3.05, 3.63) is 69.4 Å². The number of allylic oxidation sites excluding steroid dienone is 2. The molecule has 0 radical (unpaired) electrons. The summed E-state index contributed by atoms with van der Waals surface area (Å²) >= 11 is 0. The molecule has 0 bridgehead atoms. The van der Waals surface area contributed by atoms with Crippen LogP contribution in [-0.2, 0) is 16.1 Å². The zero-order chi connectivity index (χ0) is 27.1. The molecule has 2 aromatic heterocycles. The van der Waals surface area contributed by atoms with Crippen molar-refractivity contribution in [3.8, 4) is 6.07 Å². The number of ether oxygens (including phenoxy) is 1. The minimum absolute atomic E-state index is 0.0809. The molecule has 1 aliphatic heterocycles. The average Bonchev–Trinajstić information content (AvgIpc) is 3.06. The number of nitrogens with zero attached hydrogens (tertiary/aromatic N) is 4. The minimum Gasteiger partial charge on any atom is -0.477 e. The van der Waals surface area contributed by atoms with Gasteiger partial charge in [0.25, 0.3) is 6.47 Å². The largest absolute Gasteiger partial charge is 0.477 e. The summed E-state index contributed by atoms with van der Waals surface area (Å²) in [5, 5.41) is 21.2. The van der Waals surface area contributed by atoms with Crippen molar-refractivity contribution in [2.24, 2.45) is 0 Å². The number of halogens is 1. The van der Waals surface area contributed by atoms with Gasteiger partial charge in [0.15, 0.2) is 11.6 Å². The molecule has 2 aromatic rings. The Kier molecular flexibility index (Phi) is 8.79. The van der Waals surface area contributed by atoms with Gasteiger partial charge >= 0.3 is 5.97 Å². The van der Waals surface area contributed by atoms with E-state index in [0.717, 1.165) is 30.1 Å². The van der Waals surface area contributed by atoms with Crippen LogP contribution >= 0.6 is 0 Å². The van der Waals surface area contributed by atoms with Gasteiger partial charge in [0.1, 0.15) is 17.3 Å². The standard InChI is InChI=1S/C26H28FN5O5/c1-4-31-14-21(26(35)36)23(34)20-10-22(27)25(30-24(20)31)32-9-5-6-16(2)18(13-32)8-7-17(3)29-12-19(11-28)37-15-33/h7-8,10,14-15,19,29H,3-6,9,12-13H2,1-2H3,(H,35,36)/b8-7-. The zero-order valence-corrected chi connectivity index (χ0v) is 20.7. The molecule has 10 nitrogen and oxygen atoms in total. The highest BCUT2D eigenvalue weighted by atomic mass is 19.1. The van der Waals surface area contributed by atoms with Crippen LogP contribution in [0.5, 0.6) is 0 Å². The van der Waals surface area contributed by atoms with Gasteiger partial charge in [0.05, 0.1) is 11.9 Å². The Labute approximate surface area is 213 Å². The second kappa shape index (κ2) is 12.0. The first-order chi connectivity index (χ1) is 17.7. The highest BCUT2D eigenvalue weighted by Crippen LogP contribution is 2.27. The third kappa shape index (κ3) is 6.22. The molecule has 3 rings (SSSR count). The number of carbonyl (C=O) groups excluding carboxylic acids is 1. The number of carboxylic acids is 1. The molecule has 0 saturated heterocycles. The molecule has 2 N–H and O–H groups in total. The molecule has 0 aromatic carbocycles. The summed E-state index contributed by atoms with van der Waals surface area (Å²) in [5.41, 5.74) is 1.56. The molecule has 1 atom stereocenters. The van der Waals surface area contributed by atoms with Crippen LogP contribution in [0.4, 0.5) is 10.2 Å². The molecule has 0 spiro atoms. The quantitative estimate of drug-likeness (QED) is 0.366. The first kappa shape index (κ1) is 27.1. The van der Waals surface area contributed by atoms with Crippen molar-refractivity contribution in [2.75, 3.05) is 24.5 Å². The Hall–Kier alpha value is -4.46. The van der Waals surface area contributed by atoms with Crippen molar-refractivity contribution in [2.45, 2.75) is 39.3 Å². The highest BCUT2D eigenvalue weighted by molar-refractivity contribution is 5.92. The van der Waals surface area contributed by atoms with Gasteiger partial charge in [0, 0.05) is 31.5 Å². The van der Waals surface area contributed by atoms with E-state index in [1.807, 2.05) is 19.1 Å². The second-order valence-electron chi connectivity index (χ2n) is 8.55. The number of carbonyl (C=O) groups is 2. The van der Waals surface area contributed by atoms with Crippen LogP contribution in [0, 0.1) is 17.1 Å². The summed E-state index contributed by atoms with van der Waals surface area (Å²) in [7, 11) is 0. The Morgan fingerprint density at radius 1 is 1.49 bits per heavy atom. The summed E-state index contributed by atoms with van der Waals surface area (Å²) in [6.45, 7) is 9.20. The maximum Gasteiger partial charge on any atom is 0.341 e. The molecular weight excluding hydrogens is 481 g/mol. The first-order valence-electron chi connectivity index (χ1n) is 11.7. The summed E-state index contributed by atoms with van der Waals surface area (Å²) < 4.78 is 21.4. The highest BCUT2D eigenvalue weighted by Gasteiger charge is 2.22. The summed E-state index contributed by atoms with van der Waals surface area (Å²) in [6, 6.07) is 2.92. The number of pyridine rings is 2. The van der Waals surface area contributed by atoms with Gasteiger partial charge < -0.3 is 24.6 Å². The van der Waals surface area contributed by atoms with Crippen LogP contribution < -0.4 is 15.6 Å². The van der Waals surface area contributed by atoms with Gasteiger partial charge in [-0.15, -0.1) is 0 Å². The predicted octanol–water partition coefficient (Wildman–Crippen LogP) is 2.90. The second-order valence-corrected chi connectivity index (χ2v) is 8.55. The number of anilines is 1. The number of hydrogen-bond donors (Lipinski definition) is 2. The first-order valence-corrected chi connectivity index (χ1v) is 11.7. The fourth-order valence-corrected chi connectivity index (χ4v) is 4.06. The zero-order valence-electron chi connectivity index (χ0n) is 20.7. The summed E-state index contributed by atoms with van der Waals surface area (Å²) in [5.74, 6) is -2.00. The van der Waals surface area contributed by atoms with Crippen molar-refractivity contribution in [1.29, 1.82) is 5.26 Å². The fourth-order valence-electron chi connectivity index (χ4n) is 4.06. The lowest BCUT2D eigenvalue weighted by atomic mass is 10.1. The normalized spacial score (nSPS) is 14.8. The number of aryl methyl sites for hydroxylation is 1. The molecule has 0 saturated carbocycles. The lowest BCUT2D eigenvalue weighted by Crippen LogP contribution is -2.28. The predicted molar refractivity (Wildman–Crippen MR) is 136 cm³/mol. The molecule has 0 fully saturated rings. The van der Waals surface area contributed by atoms with Crippen LogP contribution in [-0.4, -0.2) is 52.8 Å². The molecule has 0 amide bonds. The van der Waals surface area contributed by atoms with E-state index >= 15 is 4.39 Å². The maximum atomic E-state index is 15.3. The number of aromatic nitrogens is 2. The molecule has 1 unspecified atom stereocenters. The number of carboxylic acid groups (broad SMARTS) is 1. The van der Waals surface area contributed by atoms with E-state index in [1.165, 1.54) is 10.8 Å². The van der Waals surface area contributed by atoms with E-state index in [0.29, 0.717) is 25.3 Å². The maximum absolute atomic E-state index is 15.3. The number of hydrogen-bond acceptors (Lipinski definition) is 8. The van der Waals surface area contributed by atoms with Crippen molar-refractivity contribution in [3.63, 3.8) is 0 Å². The van der Waals surface area contributed by atoms with Gasteiger partial charge in [-0.3, -0.25) is 9.59 Å². The van der Waals surface area contributed by atoms with E-state index in [-0.39, 0.29) is 29.9 Å². The Balaban J connectivity index is 1.89. The molecule has 1 aliphatic rings. The number of aromatic carboxylic acids is 1. The minimum atomic E-state index is -1.38. The van der Waals surface area contributed by atoms with Gasteiger partial charge in [-0.2, -0.15) is 5.26 Å². The van der Waals surface area contributed by atoms with Crippen LogP contribution in [0.3, 0.4) is 0 Å². The van der Waals surface area contributed by atoms with Crippen molar-refractivity contribution in [1.82, 2.24) is 14.9 Å². The third-order valence-corrected chi connectivity index (χ3v) is 6.11. The van der Waals surface area contributed by atoms with Crippen molar-refractivity contribution < 1.29 is 23.8 Å². The molecule has 3 heterocycles. The number of nitriles is 1. The van der Waals surface area contributed by atoms with Gasteiger partial charge in [-0.1, -0.05) is 18.2 Å². The number of rotatable bonds is 10. The SMILES string of the molecule is C=C(/C=C\C1=C(C)CCCN(c2nc3c(cc2F)c(=O)c(C(=O)O)cn3CC)C1)NCC(C#N)OC=O.